The van der Waals surface area contributed by atoms with Gasteiger partial charge in [-0.15, -0.1) is 0 Å². The molecule has 6 heteroatoms. The zero-order chi connectivity index (χ0) is 18.4. The van der Waals surface area contributed by atoms with Gasteiger partial charge >= 0.3 is 5.97 Å². The van der Waals surface area contributed by atoms with E-state index in [2.05, 4.69) is 9.97 Å². The highest BCUT2D eigenvalue weighted by molar-refractivity contribution is 5.89. The van der Waals surface area contributed by atoms with Crippen molar-refractivity contribution in [3.05, 3.63) is 66.6 Å². The summed E-state index contributed by atoms with van der Waals surface area (Å²) in [5.74, 6) is 1.29. The lowest BCUT2D eigenvalue weighted by Gasteiger charge is -2.12. The number of esters is 1. The molecule has 0 saturated carbocycles. The molecule has 0 unspecified atom stereocenters. The minimum absolute atomic E-state index is 0.335. The second-order valence-corrected chi connectivity index (χ2v) is 5.28. The topological polar surface area (TPSA) is 70.5 Å². The first-order valence-electron chi connectivity index (χ1n) is 8.11. The number of methoxy groups -OCH3 is 1. The molecule has 0 aliphatic carbocycles. The Kier molecular flexibility index (Phi) is 5.43. The van der Waals surface area contributed by atoms with Crippen molar-refractivity contribution in [1.82, 2.24) is 9.97 Å². The van der Waals surface area contributed by atoms with Crippen molar-refractivity contribution in [2.75, 3.05) is 13.7 Å². The Morgan fingerprint density at radius 2 is 1.85 bits per heavy atom. The first kappa shape index (κ1) is 17.4. The number of benzene rings is 1. The maximum atomic E-state index is 11.7. The number of hydrogen-bond acceptors (Lipinski definition) is 6. The van der Waals surface area contributed by atoms with Crippen LogP contribution in [0.3, 0.4) is 0 Å². The van der Waals surface area contributed by atoms with E-state index in [1.807, 2.05) is 12.1 Å². The Morgan fingerprint density at radius 1 is 1.04 bits per heavy atom. The van der Waals surface area contributed by atoms with Gasteiger partial charge in [-0.3, -0.25) is 4.98 Å². The van der Waals surface area contributed by atoms with Crippen LogP contribution in [0.25, 0.3) is 11.1 Å². The Morgan fingerprint density at radius 3 is 2.58 bits per heavy atom. The quantitative estimate of drug-likeness (QED) is 0.623. The van der Waals surface area contributed by atoms with Gasteiger partial charge in [-0.25, -0.2) is 9.78 Å². The Labute approximate surface area is 151 Å². The molecule has 0 amide bonds. The van der Waals surface area contributed by atoms with Crippen molar-refractivity contribution < 1.29 is 19.0 Å². The summed E-state index contributed by atoms with van der Waals surface area (Å²) in [6.45, 7) is 2.10. The second kappa shape index (κ2) is 8.11. The standard InChI is InChI=1S/C20H18N2O4/c1-3-25-20(23)14-6-8-15(9-7-14)26-19-16(5-4-11-22-19)17-13-21-12-10-18(17)24-2/h4-13H,3H2,1-2H3. The number of aromatic nitrogens is 2. The molecule has 0 radical (unpaired) electrons. The first-order valence-corrected chi connectivity index (χ1v) is 8.11. The molecule has 0 fully saturated rings. The third kappa shape index (κ3) is 3.80. The van der Waals surface area contributed by atoms with Crippen LogP contribution in [-0.4, -0.2) is 29.7 Å². The van der Waals surface area contributed by atoms with Gasteiger partial charge in [0.15, 0.2) is 0 Å². The zero-order valence-electron chi connectivity index (χ0n) is 14.5. The molecule has 3 rings (SSSR count). The van der Waals surface area contributed by atoms with Crippen LogP contribution in [0.4, 0.5) is 0 Å². The summed E-state index contributed by atoms with van der Waals surface area (Å²) in [5.41, 5.74) is 2.00. The fourth-order valence-corrected chi connectivity index (χ4v) is 2.42. The number of nitrogens with zero attached hydrogens (tertiary/aromatic N) is 2. The van der Waals surface area contributed by atoms with E-state index in [1.165, 1.54) is 0 Å². The van der Waals surface area contributed by atoms with E-state index in [0.717, 1.165) is 11.1 Å². The molecule has 0 aliphatic rings. The number of rotatable bonds is 6. The summed E-state index contributed by atoms with van der Waals surface area (Å²) in [4.78, 5) is 20.2. The van der Waals surface area contributed by atoms with Crippen LogP contribution < -0.4 is 9.47 Å². The lowest BCUT2D eigenvalue weighted by molar-refractivity contribution is 0.0526. The molecule has 0 aliphatic heterocycles. The number of carbonyl (C=O) groups is 1. The highest BCUT2D eigenvalue weighted by Crippen LogP contribution is 2.36. The predicted molar refractivity (Wildman–Crippen MR) is 96.5 cm³/mol. The monoisotopic (exact) mass is 350 g/mol. The van der Waals surface area contributed by atoms with Crippen molar-refractivity contribution in [2.24, 2.45) is 0 Å². The van der Waals surface area contributed by atoms with E-state index in [9.17, 15) is 4.79 Å². The SMILES string of the molecule is CCOC(=O)c1ccc(Oc2ncccc2-c2cnccc2OC)cc1. The maximum absolute atomic E-state index is 11.7. The lowest BCUT2D eigenvalue weighted by atomic mass is 10.1. The van der Waals surface area contributed by atoms with E-state index in [1.54, 1.807) is 63.0 Å². The molecule has 26 heavy (non-hydrogen) atoms. The number of carbonyl (C=O) groups excluding carboxylic acids is 1. The first-order chi connectivity index (χ1) is 12.7. The highest BCUT2D eigenvalue weighted by atomic mass is 16.5. The number of hydrogen-bond donors (Lipinski definition) is 0. The summed E-state index contributed by atoms with van der Waals surface area (Å²) >= 11 is 0. The van der Waals surface area contributed by atoms with E-state index in [0.29, 0.717) is 29.5 Å². The third-order valence-electron chi connectivity index (χ3n) is 3.64. The molecule has 2 aromatic heterocycles. The van der Waals surface area contributed by atoms with E-state index < -0.39 is 0 Å². The highest BCUT2D eigenvalue weighted by Gasteiger charge is 2.14. The van der Waals surface area contributed by atoms with Gasteiger partial charge in [0.05, 0.1) is 19.3 Å². The zero-order valence-corrected chi connectivity index (χ0v) is 14.5. The van der Waals surface area contributed by atoms with Crippen molar-refractivity contribution in [1.29, 1.82) is 0 Å². The summed E-state index contributed by atoms with van der Waals surface area (Å²) < 4.78 is 16.3. The van der Waals surface area contributed by atoms with Gasteiger partial charge in [-0.2, -0.15) is 0 Å². The lowest BCUT2D eigenvalue weighted by Crippen LogP contribution is -2.04. The molecule has 2 heterocycles. The molecule has 0 bridgehead atoms. The van der Waals surface area contributed by atoms with Crippen molar-refractivity contribution in [2.45, 2.75) is 6.92 Å². The van der Waals surface area contributed by atoms with Crippen LogP contribution in [0.2, 0.25) is 0 Å². The summed E-state index contributed by atoms with van der Waals surface area (Å²) in [6, 6.07) is 12.2. The minimum Gasteiger partial charge on any atom is -0.496 e. The van der Waals surface area contributed by atoms with Crippen LogP contribution >= 0.6 is 0 Å². The maximum Gasteiger partial charge on any atom is 0.338 e. The van der Waals surface area contributed by atoms with Gasteiger partial charge in [0, 0.05) is 29.7 Å². The van der Waals surface area contributed by atoms with Crippen molar-refractivity contribution >= 4 is 5.97 Å². The average molecular weight is 350 g/mol. The smallest absolute Gasteiger partial charge is 0.338 e. The van der Waals surface area contributed by atoms with Crippen LogP contribution in [0.1, 0.15) is 17.3 Å². The Hall–Kier alpha value is -3.41. The molecule has 0 N–H and O–H groups in total. The molecule has 0 saturated heterocycles. The summed E-state index contributed by atoms with van der Waals surface area (Å²) in [6.07, 6.45) is 5.01. The van der Waals surface area contributed by atoms with Gasteiger partial charge in [-0.05, 0) is 49.4 Å². The van der Waals surface area contributed by atoms with Gasteiger partial charge < -0.3 is 14.2 Å². The summed E-state index contributed by atoms with van der Waals surface area (Å²) in [5, 5.41) is 0. The van der Waals surface area contributed by atoms with Gasteiger partial charge in [-0.1, -0.05) is 0 Å². The molecule has 132 valence electrons. The molecule has 0 spiro atoms. The number of pyridine rings is 2. The second-order valence-electron chi connectivity index (χ2n) is 5.28. The van der Waals surface area contributed by atoms with Gasteiger partial charge in [0.2, 0.25) is 5.88 Å². The largest absolute Gasteiger partial charge is 0.496 e. The van der Waals surface area contributed by atoms with Gasteiger partial charge in [0.1, 0.15) is 11.5 Å². The minimum atomic E-state index is -0.363. The van der Waals surface area contributed by atoms with Crippen LogP contribution in [0.15, 0.2) is 61.1 Å². The molecule has 6 nitrogen and oxygen atoms in total. The Bertz CT molecular complexity index is 894. The molecular weight excluding hydrogens is 332 g/mol. The third-order valence-corrected chi connectivity index (χ3v) is 3.64. The van der Waals surface area contributed by atoms with E-state index in [4.69, 9.17) is 14.2 Å². The van der Waals surface area contributed by atoms with Crippen molar-refractivity contribution in [3.63, 3.8) is 0 Å². The molecule has 0 atom stereocenters. The van der Waals surface area contributed by atoms with E-state index >= 15 is 0 Å². The van der Waals surface area contributed by atoms with Crippen LogP contribution in [0, 0.1) is 0 Å². The number of ether oxygens (including phenoxy) is 3. The normalized spacial score (nSPS) is 10.2. The van der Waals surface area contributed by atoms with Gasteiger partial charge in [0.25, 0.3) is 0 Å². The van der Waals surface area contributed by atoms with Crippen LogP contribution in [0.5, 0.6) is 17.4 Å². The molecular formula is C20H18N2O4. The predicted octanol–water partition coefficient (Wildman–Crippen LogP) is 4.12. The molecule has 3 aromatic rings. The molecule has 1 aromatic carbocycles. The average Bonchev–Trinajstić information content (AvgIpc) is 2.69. The van der Waals surface area contributed by atoms with E-state index in [-0.39, 0.29) is 5.97 Å². The van der Waals surface area contributed by atoms with Crippen LogP contribution in [-0.2, 0) is 4.74 Å². The van der Waals surface area contributed by atoms with Crippen molar-refractivity contribution in [3.8, 4) is 28.5 Å². The fraction of sp³-hybridized carbons (Fsp3) is 0.150. The Balaban J connectivity index is 1.88. The fourth-order valence-electron chi connectivity index (χ4n) is 2.42. The summed E-state index contributed by atoms with van der Waals surface area (Å²) in [7, 11) is 1.60.